The minimum absolute atomic E-state index is 0.00581. The van der Waals surface area contributed by atoms with E-state index in [9.17, 15) is 27.6 Å². The summed E-state index contributed by atoms with van der Waals surface area (Å²) in [6.45, 7) is 1.85. The van der Waals surface area contributed by atoms with Crippen molar-refractivity contribution in [3.63, 3.8) is 0 Å². The van der Waals surface area contributed by atoms with Gasteiger partial charge in [-0.05, 0) is 30.7 Å². The minimum Gasteiger partial charge on any atom is -0.355 e. The predicted octanol–water partition coefficient (Wildman–Crippen LogP) is 2.83. The molecule has 168 valence electrons. The molecule has 3 heterocycles. The third-order valence-electron chi connectivity index (χ3n) is 5.68. The maximum atomic E-state index is 12.7. The Kier molecular flexibility index (Phi) is 5.86. The van der Waals surface area contributed by atoms with E-state index < -0.39 is 23.6 Å². The van der Waals surface area contributed by atoms with Crippen LogP contribution in [0.1, 0.15) is 39.1 Å². The lowest BCUT2D eigenvalue weighted by molar-refractivity contribution is -0.137. The van der Waals surface area contributed by atoms with E-state index in [-0.39, 0.29) is 18.9 Å². The molecule has 1 saturated heterocycles. The van der Waals surface area contributed by atoms with Crippen molar-refractivity contribution in [3.8, 4) is 0 Å². The lowest BCUT2D eigenvalue weighted by Crippen LogP contribution is -2.38. The molecule has 1 aromatic heterocycles. The van der Waals surface area contributed by atoms with Gasteiger partial charge in [0.15, 0.2) is 0 Å². The Morgan fingerprint density at radius 3 is 2.22 bits per heavy atom. The van der Waals surface area contributed by atoms with Crippen LogP contribution in [0.2, 0.25) is 0 Å². The van der Waals surface area contributed by atoms with Crippen LogP contribution < -0.4 is 4.90 Å². The Balaban J connectivity index is 1.32. The van der Waals surface area contributed by atoms with Gasteiger partial charge in [-0.25, -0.2) is 4.98 Å². The summed E-state index contributed by atoms with van der Waals surface area (Å²) in [7, 11) is 0. The summed E-state index contributed by atoms with van der Waals surface area (Å²) in [4.78, 5) is 46.1. The molecular formula is C22H21F3N4O3. The third kappa shape index (κ3) is 4.30. The minimum atomic E-state index is -4.44. The number of anilines is 1. The number of imide groups is 1. The molecule has 0 N–H and O–H groups in total. The quantitative estimate of drug-likeness (QED) is 0.676. The molecule has 3 amide bonds. The van der Waals surface area contributed by atoms with E-state index in [1.54, 1.807) is 29.2 Å². The molecule has 0 saturated carbocycles. The second kappa shape index (κ2) is 8.60. The van der Waals surface area contributed by atoms with Crippen molar-refractivity contribution in [1.29, 1.82) is 0 Å². The number of carbonyl (C=O) groups is 3. The topological polar surface area (TPSA) is 73.8 Å². The lowest BCUT2D eigenvalue weighted by Gasteiger charge is -2.23. The van der Waals surface area contributed by atoms with Gasteiger partial charge in [-0.3, -0.25) is 19.3 Å². The molecule has 2 aromatic rings. The largest absolute Gasteiger partial charge is 0.417 e. The monoisotopic (exact) mass is 446 g/mol. The number of alkyl halides is 3. The maximum absolute atomic E-state index is 12.7. The van der Waals surface area contributed by atoms with E-state index >= 15 is 0 Å². The van der Waals surface area contributed by atoms with Gasteiger partial charge < -0.3 is 9.80 Å². The van der Waals surface area contributed by atoms with E-state index in [2.05, 4.69) is 4.98 Å². The number of halogens is 3. The number of rotatable bonds is 4. The van der Waals surface area contributed by atoms with Crippen LogP contribution in [0.3, 0.4) is 0 Å². The summed E-state index contributed by atoms with van der Waals surface area (Å²) in [6.07, 6.45) is -2.98. The molecule has 10 heteroatoms. The highest BCUT2D eigenvalue weighted by atomic mass is 19.4. The Hall–Kier alpha value is -3.43. The third-order valence-corrected chi connectivity index (χ3v) is 5.68. The Bertz CT molecular complexity index is 1000. The molecular weight excluding hydrogens is 425 g/mol. The van der Waals surface area contributed by atoms with Crippen LogP contribution >= 0.6 is 0 Å². The standard InChI is InChI=1S/C22H21F3N4O3/c23-22(24,25)15-6-7-18(26-14-15)27-9-3-10-28(13-12-27)19(30)8-11-29-20(31)16-4-1-2-5-17(16)21(29)32/h1-2,4-7,14H,3,8-13H2. The molecule has 0 spiro atoms. The highest BCUT2D eigenvalue weighted by Crippen LogP contribution is 2.29. The molecule has 0 aliphatic carbocycles. The van der Waals surface area contributed by atoms with Gasteiger partial charge >= 0.3 is 6.18 Å². The van der Waals surface area contributed by atoms with E-state index in [1.165, 1.54) is 6.07 Å². The number of fused-ring (bicyclic) bond motifs is 1. The summed E-state index contributed by atoms with van der Waals surface area (Å²) in [6, 6.07) is 8.90. The fourth-order valence-corrected chi connectivity index (χ4v) is 3.94. The second-order valence-electron chi connectivity index (χ2n) is 7.68. The van der Waals surface area contributed by atoms with Gasteiger partial charge in [0.05, 0.1) is 16.7 Å². The molecule has 2 aliphatic heterocycles. The highest BCUT2D eigenvalue weighted by Gasteiger charge is 2.35. The van der Waals surface area contributed by atoms with Crippen molar-refractivity contribution < 1.29 is 27.6 Å². The van der Waals surface area contributed by atoms with Crippen LogP contribution in [0.25, 0.3) is 0 Å². The van der Waals surface area contributed by atoms with Gasteiger partial charge in [-0.2, -0.15) is 13.2 Å². The van der Waals surface area contributed by atoms with Gasteiger partial charge in [0.1, 0.15) is 5.82 Å². The number of carbonyl (C=O) groups excluding carboxylic acids is 3. The first-order valence-corrected chi connectivity index (χ1v) is 10.3. The molecule has 1 fully saturated rings. The number of aromatic nitrogens is 1. The van der Waals surface area contributed by atoms with Gasteiger partial charge in [-0.1, -0.05) is 12.1 Å². The van der Waals surface area contributed by atoms with Crippen molar-refractivity contribution in [2.24, 2.45) is 0 Å². The number of benzene rings is 1. The SMILES string of the molecule is O=C(CCN1C(=O)c2ccccc2C1=O)N1CCCN(c2ccc(C(F)(F)F)cn2)CC1. The van der Waals surface area contributed by atoms with Crippen LogP contribution in [0.15, 0.2) is 42.6 Å². The second-order valence-corrected chi connectivity index (χ2v) is 7.68. The molecule has 2 aliphatic rings. The maximum Gasteiger partial charge on any atom is 0.417 e. The van der Waals surface area contributed by atoms with Crippen molar-refractivity contribution in [2.75, 3.05) is 37.6 Å². The zero-order chi connectivity index (χ0) is 22.9. The van der Waals surface area contributed by atoms with Crippen molar-refractivity contribution in [2.45, 2.75) is 19.0 Å². The molecule has 0 unspecified atom stereocenters. The van der Waals surface area contributed by atoms with Gasteiger partial charge in [0.2, 0.25) is 5.91 Å². The number of hydrogen-bond acceptors (Lipinski definition) is 5. The fraction of sp³-hybridized carbons (Fsp3) is 0.364. The summed E-state index contributed by atoms with van der Waals surface area (Å²) in [5.74, 6) is -0.537. The van der Waals surface area contributed by atoms with E-state index in [0.717, 1.165) is 17.2 Å². The first-order chi connectivity index (χ1) is 15.3. The molecule has 0 bridgehead atoms. The Morgan fingerprint density at radius 2 is 1.62 bits per heavy atom. The number of nitrogens with zero attached hydrogens (tertiary/aromatic N) is 4. The fourth-order valence-electron chi connectivity index (χ4n) is 3.94. The van der Waals surface area contributed by atoms with Gasteiger partial charge in [0.25, 0.3) is 11.8 Å². The lowest BCUT2D eigenvalue weighted by atomic mass is 10.1. The summed E-state index contributed by atoms with van der Waals surface area (Å²) in [5.41, 5.74) is -0.111. The molecule has 7 nitrogen and oxygen atoms in total. The zero-order valence-corrected chi connectivity index (χ0v) is 17.1. The van der Waals surface area contributed by atoms with Crippen LogP contribution in [-0.4, -0.2) is 65.2 Å². The Morgan fingerprint density at radius 1 is 0.938 bits per heavy atom. The van der Waals surface area contributed by atoms with Crippen LogP contribution in [0, 0.1) is 0 Å². The zero-order valence-electron chi connectivity index (χ0n) is 17.1. The van der Waals surface area contributed by atoms with E-state index in [0.29, 0.717) is 49.5 Å². The van der Waals surface area contributed by atoms with Crippen LogP contribution in [0.5, 0.6) is 0 Å². The Labute approximate surface area is 182 Å². The van der Waals surface area contributed by atoms with Crippen molar-refractivity contribution in [3.05, 3.63) is 59.3 Å². The van der Waals surface area contributed by atoms with E-state index in [4.69, 9.17) is 0 Å². The number of hydrogen-bond donors (Lipinski definition) is 0. The average Bonchev–Trinajstić information content (AvgIpc) is 2.94. The highest BCUT2D eigenvalue weighted by molar-refractivity contribution is 6.21. The molecule has 32 heavy (non-hydrogen) atoms. The smallest absolute Gasteiger partial charge is 0.355 e. The van der Waals surface area contributed by atoms with Crippen molar-refractivity contribution >= 4 is 23.5 Å². The summed E-state index contributed by atoms with van der Waals surface area (Å²) >= 11 is 0. The summed E-state index contributed by atoms with van der Waals surface area (Å²) < 4.78 is 38.2. The first-order valence-electron chi connectivity index (χ1n) is 10.3. The first kappa shape index (κ1) is 21.8. The number of pyridine rings is 1. The average molecular weight is 446 g/mol. The molecule has 0 radical (unpaired) electrons. The van der Waals surface area contributed by atoms with E-state index in [1.807, 2.05) is 4.90 Å². The molecule has 0 atom stereocenters. The normalized spacial score (nSPS) is 16.9. The van der Waals surface area contributed by atoms with Gasteiger partial charge in [0, 0.05) is 45.3 Å². The number of amides is 3. The van der Waals surface area contributed by atoms with Crippen LogP contribution in [0.4, 0.5) is 19.0 Å². The predicted molar refractivity (Wildman–Crippen MR) is 109 cm³/mol. The van der Waals surface area contributed by atoms with Crippen LogP contribution in [-0.2, 0) is 11.0 Å². The van der Waals surface area contributed by atoms with Crippen molar-refractivity contribution in [1.82, 2.24) is 14.8 Å². The van der Waals surface area contributed by atoms with Gasteiger partial charge in [-0.15, -0.1) is 0 Å². The molecule has 4 rings (SSSR count). The summed E-state index contributed by atoms with van der Waals surface area (Å²) in [5, 5.41) is 0. The molecule has 1 aromatic carbocycles.